The molecule has 3 N–H and O–H groups in total. The SMILES string of the molecule is O=C(Nc1ccccc1F)C1Cc2nc[nH]c2CN1. The minimum absolute atomic E-state index is 0.196. The lowest BCUT2D eigenvalue weighted by molar-refractivity contribution is -0.118. The lowest BCUT2D eigenvalue weighted by Gasteiger charge is -2.22. The molecule has 1 aliphatic heterocycles. The average Bonchev–Trinajstić information content (AvgIpc) is 2.88. The molecule has 2 heterocycles. The highest BCUT2D eigenvalue weighted by Gasteiger charge is 2.26. The number of carbonyl (C=O) groups excluding carboxylic acids is 1. The van der Waals surface area contributed by atoms with E-state index >= 15 is 0 Å². The smallest absolute Gasteiger partial charge is 0.242 e. The number of fused-ring (bicyclic) bond motifs is 1. The van der Waals surface area contributed by atoms with Gasteiger partial charge in [0.1, 0.15) is 5.82 Å². The minimum Gasteiger partial charge on any atom is -0.347 e. The number of rotatable bonds is 2. The first-order valence-electron chi connectivity index (χ1n) is 6.04. The Morgan fingerprint density at radius 1 is 1.42 bits per heavy atom. The summed E-state index contributed by atoms with van der Waals surface area (Å²) in [6.07, 6.45) is 2.11. The summed E-state index contributed by atoms with van der Waals surface area (Å²) in [6, 6.07) is 5.72. The number of nitrogens with one attached hydrogen (secondary N) is 3. The van der Waals surface area contributed by atoms with Crippen molar-refractivity contribution in [3.8, 4) is 0 Å². The molecule has 1 atom stereocenters. The van der Waals surface area contributed by atoms with E-state index in [1.54, 1.807) is 18.5 Å². The summed E-state index contributed by atoms with van der Waals surface area (Å²) >= 11 is 0. The van der Waals surface area contributed by atoms with Gasteiger partial charge in [-0.05, 0) is 12.1 Å². The Morgan fingerprint density at radius 2 is 2.26 bits per heavy atom. The van der Waals surface area contributed by atoms with Gasteiger partial charge in [-0.25, -0.2) is 9.37 Å². The van der Waals surface area contributed by atoms with E-state index in [4.69, 9.17) is 0 Å². The number of amides is 1. The van der Waals surface area contributed by atoms with Crippen LogP contribution in [-0.2, 0) is 17.8 Å². The summed E-state index contributed by atoms with van der Waals surface area (Å²) in [5.74, 6) is -0.689. The van der Waals surface area contributed by atoms with E-state index in [2.05, 4.69) is 20.6 Å². The quantitative estimate of drug-likeness (QED) is 0.760. The number of aromatic nitrogens is 2. The Morgan fingerprint density at radius 3 is 3.11 bits per heavy atom. The fraction of sp³-hybridized carbons (Fsp3) is 0.231. The third kappa shape index (κ3) is 2.34. The molecule has 19 heavy (non-hydrogen) atoms. The number of nitrogens with zero attached hydrogens (tertiary/aromatic N) is 1. The Hall–Kier alpha value is -2.21. The summed E-state index contributed by atoms with van der Waals surface area (Å²) < 4.78 is 13.5. The van der Waals surface area contributed by atoms with Crippen LogP contribution in [0.3, 0.4) is 0 Å². The number of H-pyrrole nitrogens is 1. The number of imidazole rings is 1. The van der Waals surface area contributed by atoms with Crippen LogP contribution < -0.4 is 10.6 Å². The minimum atomic E-state index is -0.438. The van der Waals surface area contributed by atoms with Crippen molar-refractivity contribution in [1.82, 2.24) is 15.3 Å². The van der Waals surface area contributed by atoms with Crippen molar-refractivity contribution < 1.29 is 9.18 Å². The normalized spacial score (nSPS) is 17.8. The van der Waals surface area contributed by atoms with Gasteiger partial charge in [-0.15, -0.1) is 0 Å². The summed E-state index contributed by atoms with van der Waals surface area (Å²) in [7, 11) is 0. The molecule has 1 aliphatic rings. The van der Waals surface area contributed by atoms with Gasteiger partial charge in [-0.2, -0.15) is 0 Å². The molecule has 0 fully saturated rings. The Balaban J connectivity index is 1.71. The van der Waals surface area contributed by atoms with Crippen LogP contribution in [-0.4, -0.2) is 21.9 Å². The Kier molecular flexibility index (Phi) is 3.00. The zero-order chi connectivity index (χ0) is 13.2. The molecular formula is C13H13FN4O. The number of benzene rings is 1. The van der Waals surface area contributed by atoms with E-state index < -0.39 is 11.9 Å². The molecule has 0 saturated heterocycles. The molecule has 0 bridgehead atoms. The maximum Gasteiger partial charge on any atom is 0.242 e. The fourth-order valence-electron chi connectivity index (χ4n) is 2.14. The van der Waals surface area contributed by atoms with Crippen molar-refractivity contribution in [3.05, 3.63) is 47.8 Å². The molecule has 1 aromatic carbocycles. The average molecular weight is 260 g/mol. The molecule has 0 aliphatic carbocycles. The van der Waals surface area contributed by atoms with E-state index in [9.17, 15) is 9.18 Å². The van der Waals surface area contributed by atoms with Crippen molar-refractivity contribution in [2.24, 2.45) is 0 Å². The molecule has 1 unspecified atom stereocenters. The highest BCUT2D eigenvalue weighted by Crippen LogP contribution is 2.16. The molecule has 3 rings (SSSR count). The molecule has 6 heteroatoms. The Labute approximate surface area is 109 Å². The first kappa shape index (κ1) is 11.9. The number of halogens is 1. The molecule has 1 amide bonds. The van der Waals surface area contributed by atoms with Gasteiger partial charge in [0.15, 0.2) is 0 Å². The lowest BCUT2D eigenvalue weighted by atomic mass is 10.0. The van der Waals surface area contributed by atoms with Gasteiger partial charge in [0.05, 0.1) is 29.4 Å². The summed E-state index contributed by atoms with van der Waals surface area (Å²) in [6.45, 7) is 0.560. The first-order valence-corrected chi connectivity index (χ1v) is 6.04. The van der Waals surface area contributed by atoms with Gasteiger partial charge >= 0.3 is 0 Å². The maximum absolute atomic E-state index is 13.5. The van der Waals surface area contributed by atoms with Crippen LogP contribution in [0.15, 0.2) is 30.6 Å². The van der Waals surface area contributed by atoms with Gasteiger partial charge in [-0.3, -0.25) is 10.1 Å². The van der Waals surface area contributed by atoms with Crippen LogP contribution in [0.2, 0.25) is 0 Å². The van der Waals surface area contributed by atoms with Gasteiger partial charge in [-0.1, -0.05) is 12.1 Å². The zero-order valence-electron chi connectivity index (χ0n) is 10.1. The summed E-state index contributed by atoms with van der Waals surface area (Å²) in [5.41, 5.74) is 2.07. The van der Waals surface area contributed by atoms with Crippen LogP contribution in [0.1, 0.15) is 11.4 Å². The number of carbonyl (C=O) groups is 1. The topological polar surface area (TPSA) is 69.8 Å². The van der Waals surface area contributed by atoms with Crippen molar-refractivity contribution in [2.75, 3.05) is 5.32 Å². The van der Waals surface area contributed by atoms with E-state index in [1.807, 2.05) is 0 Å². The van der Waals surface area contributed by atoms with Crippen molar-refractivity contribution in [3.63, 3.8) is 0 Å². The third-order valence-corrected chi connectivity index (χ3v) is 3.18. The van der Waals surface area contributed by atoms with Gasteiger partial charge in [0.2, 0.25) is 5.91 Å². The predicted molar refractivity (Wildman–Crippen MR) is 67.9 cm³/mol. The summed E-state index contributed by atoms with van der Waals surface area (Å²) in [5, 5.41) is 5.68. The van der Waals surface area contributed by atoms with Crippen molar-refractivity contribution in [1.29, 1.82) is 0 Å². The second kappa shape index (κ2) is 4.81. The maximum atomic E-state index is 13.5. The van der Waals surface area contributed by atoms with E-state index in [-0.39, 0.29) is 11.6 Å². The molecule has 2 aromatic rings. The third-order valence-electron chi connectivity index (χ3n) is 3.18. The number of hydrogen-bond donors (Lipinski definition) is 3. The molecule has 0 spiro atoms. The lowest BCUT2D eigenvalue weighted by Crippen LogP contribution is -2.44. The van der Waals surface area contributed by atoms with Crippen LogP contribution in [0.25, 0.3) is 0 Å². The number of aromatic amines is 1. The van der Waals surface area contributed by atoms with Crippen LogP contribution >= 0.6 is 0 Å². The van der Waals surface area contributed by atoms with Gasteiger partial charge in [0, 0.05) is 13.0 Å². The number of hydrogen-bond acceptors (Lipinski definition) is 3. The predicted octanol–water partition coefficient (Wildman–Crippen LogP) is 1.20. The highest BCUT2D eigenvalue weighted by atomic mass is 19.1. The second-order valence-electron chi connectivity index (χ2n) is 4.43. The molecular weight excluding hydrogens is 247 g/mol. The molecule has 0 saturated carbocycles. The fourth-order valence-corrected chi connectivity index (χ4v) is 2.14. The summed E-state index contributed by atoms with van der Waals surface area (Å²) in [4.78, 5) is 19.2. The van der Waals surface area contributed by atoms with Crippen molar-refractivity contribution >= 4 is 11.6 Å². The second-order valence-corrected chi connectivity index (χ2v) is 4.43. The largest absolute Gasteiger partial charge is 0.347 e. The van der Waals surface area contributed by atoms with Crippen LogP contribution in [0, 0.1) is 5.82 Å². The van der Waals surface area contributed by atoms with Crippen molar-refractivity contribution in [2.45, 2.75) is 19.0 Å². The van der Waals surface area contributed by atoms with Crippen LogP contribution in [0.5, 0.6) is 0 Å². The Bertz CT molecular complexity index is 610. The van der Waals surface area contributed by atoms with E-state index in [0.717, 1.165) is 11.4 Å². The monoisotopic (exact) mass is 260 g/mol. The van der Waals surface area contributed by atoms with Gasteiger partial charge < -0.3 is 10.3 Å². The molecule has 98 valence electrons. The zero-order valence-corrected chi connectivity index (χ0v) is 10.1. The van der Waals surface area contributed by atoms with E-state index in [1.165, 1.54) is 12.1 Å². The standard InChI is InChI=1S/C13H13FN4O/c14-8-3-1-2-4-9(8)18-13(19)11-5-10-12(6-15-11)17-7-16-10/h1-4,7,11,15H,5-6H2,(H,16,17)(H,18,19). The van der Waals surface area contributed by atoms with Gasteiger partial charge in [0.25, 0.3) is 0 Å². The number of anilines is 1. The van der Waals surface area contributed by atoms with E-state index in [0.29, 0.717) is 13.0 Å². The highest BCUT2D eigenvalue weighted by molar-refractivity contribution is 5.95. The first-order chi connectivity index (χ1) is 9.24. The molecule has 0 radical (unpaired) electrons. The molecule has 1 aromatic heterocycles. The van der Waals surface area contributed by atoms with Crippen LogP contribution in [0.4, 0.5) is 10.1 Å². The molecule has 5 nitrogen and oxygen atoms in total. The number of para-hydroxylation sites is 1.